The highest BCUT2D eigenvalue weighted by atomic mass is 32.1. The Morgan fingerprint density at radius 2 is 2.00 bits per heavy atom. The second kappa shape index (κ2) is 8.17. The molecule has 0 aliphatic carbocycles. The lowest BCUT2D eigenvalue weighted by Crippen LogP contribution is -2.45. The van der Waals surface area contributed by atoms with E-state index in [1.807, 2.05) is 30.3 Å². The minimum absolute atomic E-state index is 0.0495. The first kappa shape index (κ1) is 18.8. The maximum Gasteiger partial charge on any atom is 0.338 e. The molecule has 0 saturated heterocycles. The van der Waals surface area contributed by atoms with E-state index in [4.69, 9.17) is 22.2 Å². The molecule has 2 aromatic rings. The number of allylic oxidation sites excluding steroid dienone is 1. The number of carbonyl (C=O) groups excluding carboxylic acids is 1. The predicted molar refractivity (Wildman–Crippen MR) is 105 cm³/mol. The molecule has 0 spiro atoms. The van der Waals surface area contributed by atoms with E-state index in [1.165, 1.54) is 12.1 Å². The Bertz CT molecular complexity index is 884. The average molecular weight is 384 g/mol. The molecule has 0 amide bonds. The number of hydrogen-bond donors (Lipinski definition) is 3. The van der Waals surface area contributed by atoms with Crippen molar-refractivity contribution in [2.45, 2.75) is 19.6 Å². The Morgan fingerprint density at radius 1 is 1.26 bits per heavy atom. The zero-order valence-corrected chi connectivity index (χ0v) is 15.3. The van der Waals surface area contributed by atoms with Gasteiger partial charge in [0.15, 0.2) is 5.11 Å². The fourth-order valence-corrected chi connectivity index (χ4v) is 3.11. The van der Waals surface area contributed by atoms with Gasteiger partial charge in [0.05, 0.1) is 17.3 Å². The van der Waals surface area contributed by atoms with Crippen LogP contribution in [0.4, 0.5) is 5.69 Å². The fourth-order valence-electron chi connectivity index (χ4n) is 2.84. The van der Waals surface area contributed by atoms with Crippen molar-refractivity contribution in [2.75, 3.05) is 5.23 Å². The zero-order chi connectivity index (χ0) is 19.4. The van der Waals surface area contributed by atoms with Crippen molar-refractivity contribution in [1.29, 1.82) is 0 Å². The van der Waals surface area contributed by atoms with E-state index < -0.39 is 12.0 Å². The van der Waals surface area contributed by atoms with E-state index in [9.17, 15) is 10.0 Å². The molecular weight excluding hydrogens is 366 g/mol. The molecule has 0 saturated carbocycles. The summed E-state index contributed by atoms with van der Waals surface area (Å²) in [5, 5.41) is 26.4. The van der Waals surface area contributed by atoms with Gasteiger partial charge in [0.1, 0.15) is 6.61 Å². The smallest absolute Gasteiger partial charge is 0.338 e. The number of anilines is 1. The van der Waals surface area contributed by atoms with Crippen LogP contribution in [0.25, 0.3) is 0 Å². The molecule has 0 bridgehead atoms. The van der Waals surface area contributed by atoms with Crippen LogP contribution in [0.15, 0.2) is 65.9 Å². The highest BCUT2D eigenvalue weighted by molar-refractivity contribution is 7.80. The molecule has 27 heavy (non-hydrogen) atoms. The minimum atomic E-state index is -0.609. The molecule has 1 aliphatic rings. The highest BCUT2D eigenvalue weighted by Gasteiger charge is 2.31. The molecule has 0 radical (unpaired) electrons. The highest BCUT2D eigenvalue weighted by Crippen LogP contribution is 2.30. The lowest BCUT2D eigenvalue weighted by molar-refractivity contribution is -0.140. The molecular formula is C19H18N3O4S-. The molecule has 0 aromatic heterocycles. The van der Waals surface area contributed by atoms with E-state index in [2.05, 4.69) is 10.6 Å². The summed E-state index contributed by atoms with van der Waals surface area (Å²) >= 11 is 5.19. The topological polar surface area (TPSA) is 96.9 Å². The quantitative estimate of drug-likeness (QED) is 0.411. The average Bonchev–Trinajstić information content (AvgIpc) is 2.66. The summed E-state index contributed by atoms with van der Waals surface area (Å²) in [5.41, 5.74) is 2.44. The lowest BCUT2D eigenvalue weighted by Gasteiger charge is -2.31. The van der Waals surface area contributed by atoms with E-state index in [-0.39, 0.29) is 17.5 Å². The Balaban J connectivity index is 1.87. The molecule has 7 nitrogen and oxygen atoms in total. The van der Waals surface area contributed by atoms with Gasteiger partial charge in [0.2, 0.25) is 0 Å². The fraction of sp³-hybridized carbons (Fsp3) is 0.158. The Labute approximate surface area is 161 Å². The van der Waals surface area contributed by atoms with Gasteiger partial charge in [0.25, 0.3) is 0 Å². The molecule has 2 aromatic carbocycles. The van der Waals surface area contributed by atoms with Gasteiger partial charge in [-0.25, -0.2) is 4.79 Å². The van der Waals surface area contributed by atoms with Gasteiger partial charge in [0, 0.05) is 5.70 Å². The van der Waals surface area contributed by atoms with Gasteiger partial charge in [-0.05, 0) is 42.4 Å². The number of carbonyl (C=O) groups is 1. The summed E-state index contributed by atoms with van der Waals surface area (Å²) in [7, 11) is 0. The first-order valence-corrected chi connectivity index (χ1v) is 8.62. The van der Waals surface area contributed by atoms with Gasteiger partial charge < -0.3 is 25.8 Å². The number of nitrogens with one attached hydrogen (secondary N) is 2. The van der Waals surface area contributed by atoms with Crippen LogP contribution < -0.4 is 15.9 Å². The van der Waals surface area contributed by atoms with Crippen LogP contribution in [0, 0.1) is 5.21 Å². The Morgan fingerprint density at radius 3 is 2.70 bits per heavy atom. The molecule has 3 N–H and O–H groups in total. The number of thiocarbonyl (C=S) groups is 1. The molecule has 0 unspecified atom stereocenters. The maximum atomic E-state index is 12.8. The van der Waals surface area contributed by atoms with Crippen molar-refractivity contribution >= 4 is 29.0 Å². The van der Waals surface area contributed by atoms with Gasteiger partial charge >= 0.3 is 5.97 Å². The predicted octanol–water partition coefficient (Wildman–Crippen LogP) is 2.92. The summed E-state index contributed by atoms with van der Waals surface area (Å²) in [6.07, 6.45) is 0. The third-order valence-corrected chi connectivity index (χ3v) is 4.35. The summed E-state index contributed by atoms with van der Waals surface area (Å²) in [6, 6.07) is 15.0. The number of rotatable bonds is 5. The Kier molecular flexibility index (Phi) is 5.70. The van der Waals surface area contributed by atoms with Crippen LogP contribution in [0.1, 0.15) is 24.1 Å². The van der Waals surface area contributed by atoms with Crippen molar-refractivity contribution in [2.24, 2.45) is 0 Å². The summed E-state index contributed by atoms with van der Waals surface area (Å²) in [6.45, 7) is 1.87. The van der Waals surface area contributed by atoms with E-state index in [0.717, 1.165) is 5.56 Å². The first-order valence-electron chi connectivity index (χ1n) is 8.21. The van der Waals surface area contributed by atoms with E-state index >= 15 is 0 Å². The van der Waals surface area contributed by atoms with Crippen LogP contribution in [-0.2, 0) is 16.1 Å². The standard InChI is InChI=1S/C19H18N3O4S/c1-12-16(18(23)26-11-13-6-3-2-4-7-13)17(21-19(27)20-12)14-8-5-9-15(10-14)22(24)25/h2-10,17,24H,11H2,1H3,(H2,20,21,27)/q-1/t17-/m1/s1. The van der Waals surface area contributed by atoms with Crippen molar-refractivity contribution < 1.29 is 14.7 Å². The molecule has 1 heterocycles. The SMILES string of the molecule is CC1=C(C(=O)OCc2ccccc2)[C@@H](c2cccc(N([O-])O)c2)NC(=S)N1. The normalized spacial score (nSPS) is 16.4. The van der Waals surface area contributed by atoms with Crippen molar-refractivity contribution in [3.05, 3.63) is 82.2 Å². The molecule has 1 aliphatic heterocycles. The lowest BCUT2D eigenvalue weighted by atomic mass is 9.95. The minimum Gasteiger partial charge on any atom is -0.733 e. The third kappa shape index (κ3) is 4.43. The van der Waals surface area contributed by atoms with Crippen molar-refractivity contribution in [3.8, 4) is 0 Å². The van der Waals surface area contributed by atoms with E-state index in [0.29, 0.717) is 21.9 Å². The largest absolute Gasteiger partial charge is 0.733 e. The number of hydrogen-bond acceptors (Lipinski definition) is 6. The number of benzene rings is 2. The number of ether oxygens (including phenoxy) is 1. The van der Waals surface area contributed by atoms with Crippen molar-refractivity contribution in [1.82, 2.24) is 10.6 Å². The molecule has 1 atom stereocenters. The summed E-state index contributed by atoms with van der Waals surface area (Å²) < 4.78 is 5.46. The van der Waals surface area contributed by atoms with Crippen LogP contribution in [-0.4, -0.2) is 16.3 Å². The number of esters is 1. The second-order valence-corrected chi connectivity index (χ2v) is 6.41. The van der Waals surface area contributed by atoms with Gasteiger partial charge in [-0.3, -0.25) is 5.21 Å². The second-order valence-electron chi connectivity index (χ2n) is 6.00. The molecule has 140 valence electrons. The zero-order valence-electron chi connectivity index (χ0n) is 14.5. The van der Waals surface area contributed by atoms with Crippen LogP contribution in [0.2, 0.25) is 0 Å². The molecule has 3 rings (SSSR count). The maximum absolute atomic E-state index is 12.8. The van der Waals surface area contributed by atoms with Gasteiger partial charge in [-0.2, -0.15) is 0 Å². The summed E-state index contributed by atoms with van der Waals surface area (Å²) in [5.74, 6) is -0.503. The van der Waals surface area contributed by atoms with Crippen LogP contribution >= 0.6 is 12.2 Å². The summed E-state index contributed by atoms with van der Waals surface area (Å²) in [4.78, 5) is 12.8. The first-order chi connectivity index (χ1) is 13.0. The third-order valence-electron chi connectivity index (χ3n) is 4.13. The Hall–Kier alpha value is -2.94. The monoisotopic (exact) mass is 384 g/mol. The molecule has 0 fully saturated rings. The van der Waals surface area contributed by atoms with E-state index in [1.54, 1.807) is 19.1 Å². The van der Waals surface area contributed by atoms with Crippen molar-refractivity contribution in [3.63, 3.8) is 0 Å². The molecule has 8 heteroatoms. The van der Waals surface area contributed by atoms with Crippen LogP contribution in [0.3, 0.4) is 0 Å². The van der Waals surface area contributed by atoms with Crippen LogP contribution in [0.5, 0.6) is 0 Å². The number of nitrogens with zero attached hydrogens (tertiary/aromatic N) is 1. The van der Waals surface area contributed by atoms with Gasteiger partial charge in [-0.1, -0.05) is 42.5 Å². The van der Waals surface area contributed by atoms with Gasteiger partial charge in [-0.15, -0.1) is 0 Å².